The molecule has 0 radical (unpaired) electrons. The number of hydrogen-bond donors (Lipinski definition) is 3. The summed E-state index contributed by atoms with van der Waals surface area (Å²) in [6.07, 6.45) is 2.61. The molecule has 0 spiro atoms. The van der Waals surface area contributed by atoms with E-state index in [1.54, 1.807) is 18.2 Å². The van der Waals surface area contributed by atoms with Crippen LogP contribution in [0.4, 0.5) is 11.4 Å². The van der Waals surface area contributed by atoms with Crippen LogP contribution < -0.4 is 10.6 Å². The largest absolute Gasteiger partial charge is 0.506 e. The first-order chi connectivity index (χ1) is 9.95. The van der Waals surface area contributed by atoms with E-state index in [1.807, 2.05) is 6.92 Å². The van der Waals surface area contributed by atoms with Crippen molar-refractivity contribution in [1.82, 2.24) is 4.98 Å². The van der Waals surface area contributed by atoms with Gasteiger partial charge in [0.25, 0.3) is 5.91 Å². The predicted molar refractivity (Wildman–Crippen MR) is 79.3 cm³/mol. The molecule has 0 fully saturated rings. The van der Waals surface area contributed by atoms with Crippen molar-refractivity contribution in [3.8, 4) is 5.75 Å². The van der Waals surface area contributed by atoms with Crippen LogP contribution in [0.2, 0.25) is 0 Å². The number of carbonyl (C=O) groups excluding carboxylic acids is 2. The van der Waals surface area contributed by atoms with Gasteiger partial charge in [-0.15, -0.1) is 0 Å². The fourth-order valence-electron chi connectivity index (χ4n) is 1.78. The lowest BCUT2D eigenvalue weighted by Gasteiger charge is -2.10. The number of amides is 2. The summed E-state index contributed by atoms with van der Waals surface area (Å²) in [5.74, 6) is -0.653. The number of aryl methyl sites for hydroxylation is 1. The number of nitrogens with one attached hydrogen (secondary N) is 2. The minimum absolute atomic E-state index is 0.0782. The van der Waals surface area contributed by atoms with Crippen LogP contribution in [0, 0.1) is 6.92 Å². The Hall–Kier alpha value is -2.89. The third-order valence-corrected chi connectivity index (χ3v) is 2.79. The Labute approximate surface area is 121 Å². The molecule has 3 N–H and O–H groups in total. The highest BCUT2D eigenvalue weighted by Crippen LogP contribution is 2.21. The van der Waals surface area contributed by atoms with Crippen LogP contribution in [0.5, 0.6) is 5.75 Å². The normalized spacial score (nSPS) is 10.0. The van der Waals surface area contributed by atoms with Gasteiger partial charge in [0.05, 0.1) is 11.8 Å². The molecule has 2 amide bonds. The van der Waals surface area contributed by atoms with E-state index in [1.165, 1.54) is 25.4 Å². The van der Waals surface area contributed by atoms with E-state index in [0.717, 1.165) is 5.56 Å². The highest BCUT2D eigenvalue weighted by atomic mass is 16.3. The van der Waals surface area contributed by atoms with Crippen molar-refractivity contribution in [2.45, 2.75) is 13.8 Å². The second kappa shape index (κ2) is 6.04. The van der Waals surface area contributed by atoms with Crippen molar-refractivity contribution >= 4 is 23.2 Å². The van der Waals surface area contributed by atoms with Gasteiger partial charge in [-0.05, 0) is 30.7 Å². The lowest BCUT2D eigenvalue weighted by atomic mass is 10.1. The molecule has 1 aromatic carbocycles. The zero-order chi connectivity index (χ0) is 15.4. The highest BCUT2D eigenvalue weighted by Gasteiger charge is 2.09. The van der Waals surface area contributed by atoms with E-state index in [0.29, 0.717) is 11.4 Å². The van der Waals surface area contributed by atoms with Crippen LogP contribution >= 0.6 is 0 Å². The molecular weight excluding hydrogens is 270 g/mol. The number of aromatic nitrogens is 1. The number of benzene rings is 1. The first-order valence-electron chi connectivity index (χ1n) is 6.29. The third-order valence-electron chi connectivity index (χ3n) is 2.79. The highest BCUT2D eigenvalue weighted by molar-refractivity contribution is 6.04. The predicted octanol–water partition coefficient (Wildman–Crippen LogP) is 2.31. The second-order valence-electron chi connectivity index (χ2n) is 4.60. The Morgan fingerprint density at radius 3 is 2.57 bits per heavy atom. The maximum Gasteiger partial charge on any atom is 0.257 e. The van der Waals surface area contributed by atoms with Gasteiger partial charge in [0.15, 0.2) is 0 Å². The first-order valence-corrected chi connectivity index (χ1v) is 6.29. The molecule has 0 unspecified atom stereocenters. The zero-order valence-corrected chi connectivity index (χ0v) is 11.7. The van der Waals surface area contributed by atoms with Gasteiger partial charge >= 0.3 is 0 Å². The van der Waals surface area contributed by atoms with Crippen molar-refractivity contribution < 1.29 is 14.7 Å². The summed E-state index contributed by atoms with van der Waals surface area (Å²) in [7, 11) is 0. The maximum atomic E-state index is 12.0. The topological polar surface area (TPSA) is 91.3 Å². The Morgan fingerprint density at radius 2 is 1.90 bits per heavy atom. The van der Waals surface area contributed by atoms with Gasteiger partial charge in [0.1, 0.15) is 5.75 Å². The second-order valence-corrected chi connectivity index (χ2v) is 4.60. The summed E-state index contributed by atoms with van der Waals surface area (Å²) in [6.45, 7) is 3.28. The van der Waals surface area contributed by atoms with Gasteiger partial charge in [-0.1, -0.05) is 6.07 Å². The molecule has 21 heavy (non-hydrogen) atoms. The molecule has 0 bridgehead atoms. The molecule has 2 rings (SSSR count). The summed E-state index contributed by atoms with van der Waals surface area (Å²) in [5.41, 5.74) is 2.31. The number of pyridine rings is 1. The number of anilines is 2. The number of rotatable bonds is 3. The molecule has 2 aromatic rings. The van der Waals surface area contributed by atoms with Crippen molar-refractivity contribution in [2.24, 2.45) is 0 Å². The molecule has 0 aliphatic heterocycles. The van der Waals surface area contributed by atoms with Crippen LogP contribution in [0.3, 0.4) is 0 Å². The monoisotopic (exact) mass is 285 g/mol. The first kappa shape index (κ1) is 14.5. The SMILES string of the molecule is CC(=O)Nc1cc(NC(=O)c2cncc(O)c2)ccc1C. The Kier molecular flexibility index (Phi) is 4.18. The minimum atomic E-state index is -0.393. The lowest BCUT2D eigenvalue weighted by Crippen LogP contribution is -2.13. The van der Waals surface area contributed by atoms with Gasteiger partial charge < -0.3 is 15.7 Å². The molecule has 6 heteroatoms. The van der Waals surface area contributed by atoms with Crippen molar-refractivity contribution in [3.05, 3.63) is 47.8 Å². The van der Waals surface area contributed by atoms with Crippen molar-refractivity contribution in [3.63, 3.8) is 0 Å². The molecule has 1 heterocycles. The molecule has 6 nitrogen and oxygen atoms in total. The Morgan fingerprint density at radius 1 is 1.14 bits per heavy atom. The average Bonchev–Trinajstić information content (AvgIpc) is 2.42. The number of hydrogen-bond acceptors (Lipinski definition) is 4. The van der Waals surface area contributed by atoms with Crippen LogP contribution in [-0.4, -0.2) is 21.9 Å². The van der Waals surface area contributed by atoms with Crippen LogP contribution in [0.1, 0.15) is 22.8 Å². The third kappa shape index (κ3) is 3.79. The van der Waals surface area contributed by atoms with E-state index in [2.05, 4.69) is 15.6 Å². The van der Waals surface area contributed by atoms with E-state index >= 15 is 0 Å². The summed E-state index contributed by atoms with van der Waals surface area (Å²) in [4.78, 5) is 26.9. The van der Waals surface area contributed by atoms with Gasteiger partial charge in [0, 0.05) is 24.5 Å². The molecular formula is C15H15N3O3. The van der Waals surface area contributed by atoms with Crippen molar-refractivity contribution in [1.29, 1.82) is 0 Å². The molecule has 0 saturated heterocycles. The quantitative estimate of drug-likeness (QED) is 0.807. The Bertz CT molecular complexity index is 698. The van der Waals surface area contributed by atoms with Crippen molar-refractivity contribution in [2.75, 3.05) is 10.6 Å². The van der Waals surface area contributed by atoms with Gasteiger partial charge in [-0.2, -0.15) is 0 Å². The average molecular weight is 285 g/mol. The van der Waals surface area contributed by atoms with E-state index < -0.39 is 5.91 Å². The molecule has 0 saturated carbocycles. The summed E-state index contributed by atoms with van der Waals surface area (Å²) in [5, 5.41) is 14.7. The molecule has 108 valence electrons. The fourth-order valence-corrected chi connectivity index (χ4v) is 1.78. The van der Waals surface area contributed by atoms with Gasteiger partial charge in [-0.25, -0.2) is 0 Å². The molecule has 0 aliphatic carbocycles. The molecule has 1 aromatic heterocycles. The molecule has 0 atom stereocenters. The fraction of sp³-hybridized carbons (Fsp3) is 0.133. The minimum Gasteiger partial charge on any atom is -0.506 e. The van der Waals surface area contributed by atoms with Crippen LogP contribution in [0.25, 0.3) is 0 Å². The zero-order valence-electron chi connectivity index (χ0n) is 11.7. The number of carbonyl (C=O) groups is 2. The maximum absolute atomic E-state index is 12.0. The van der Waals surface area contributed by atoms with Gasteiger partial charge in [0.2, 0.25) is 5.91 Å². The van der Waals surface area contributed by atoms with E-state index in [-0.39, 0.29) is 17.2 Å². The Balaban J connectivity index is 2.19. The summed E-state index contributed by atoms with van der Waals surface area (Å²) >= 11 is 0. The lowest BCUT2D eigenvalue weighted by molar-refractivity contribution is -0.114. The smallest absolute Gasteiger partial charge is 0.257 e. The molecule has 0 aliphatic rings. The van der Waals surface area contributed by atoms with Crippen LogP contribution in [0.15, 0.2) is 36.7 Å². The summed E-state index contributed by atoms with van der Waals surface area (Å²) < 4.78 is 0. The summed E-state index contributed by atoms with van der Waals surface area (Å²) in [6, 6.07) is 6.52. The number of nitrogens with zero attached hydrogens (tertiary/aromatic N) is 1. The van der Waals surface area contributed by atoms with E-state index in [4.69, 9.17) is 0 Å². The standard InChI is InChI=1S/C15H15N3O3/c1-9-3-4-12(6-14(9)17-10(2)19)18-15(21)11-5-13(20)8-16-7-11/h3-8,20H,1-2H3,(H,17,19)(H,18,21). The number of aromatic hydroxyl groups is 1. The van der Waals surface area contributed by atoms with Gasteiger partial charge in [-0.3, -0.25) is 14.6 Å². The van der Waals surface area contributed by atoms with E-state index in [9.17, 15) is 14.7 Å². The van der Waals surface area contributed by atoms with Crippen LogP contribution in [-0.2, 0) is 4.79 Å².